The largest absolute Gasteiger partial charge is 0.456 e. The van der Waals surface area contributed by atoms with Crippen molar-refractivity contribution in [1.29, 1.82) is 0 Å². The first-order valence-electron chi connectivity index (χ1n) is 19.1. The van der Waals surface area contributed by atoms with Crippen LogP contribution in [0.1, 0.15) is 128 Å². The lowest BCUT2D eigenvalue weighted by Crippen LogP contribution is -2.31. The summed E-state index contributed by atoms with van der Waals surface area (Å²) in [5.41, 5.74) is 9.34. The Labute approximate surface area is 291 Å². The van der Waals surface area contributed by atoms with Gasteiger partial charge < -0.3 is 14.6 Å². The SMILES string of the molecule is CCCCCCCCc1ccc(NC(C)(CC)c2ccc3oc4ccc(N(C)c5ccc(CCCCCCCC)cc5)cc4c3c2)cc1. The van der Waals surface area contributed by atoms with Crippen molar-refractivity contribution in [2.24, 2.45) is 0 Å². The number of aryl methyl sites for hydroxylation is 2. The maximum Gasteiger partial charge on any atom is 0.135 e. The summed E-state index contributed by atoms with van der Waals surface area (Å²) in [5.74, 6) is 0. The molecule has 1 N–H and O–H groups in total. The van der Waals surface area contributed by atoms with Crippen molar-refractivity contribution in [1.82, 2.24) is 0 Å². The van der Waals surface area contributed by atoms with E-state index in [1.165, 1.54) is 123 Å². The van der Waals surface area contributed by atoms with Crippen molar-refractivity contribution in [2.45, 2.75) is 130 Å². The molecule has 3 heteroatoms. The summed E-state index contributed by atoms with van der Waals surface area (Å²) < 4.78 is 6.33. The van der Waals surface area contributed by atoms with Crippen LogP contribution in [0.5, 0.6) is 0 Å². The van der Waals surface area contributed by atoms with Crippen LogP contribution in [0, 0.1) is 0 Å². The molecule has 0 radical (unpaired) electrons. The van der Waals surface area contributed by atoms with Gasteiger partial charge in [-0.05, 0) is 110 Å². The molecule has 1 heterocycles. The molecule has 0 saturated carbocycles. The minimum Gasteiger partial charge on any atom is -0.456 e. The van der Waals surface area contributed by atoms with Crippen LogP contribution in [0.15, 0.2) is 89.3 Å². The van der Waals surface area contributed by atoms with Crippen LogP contribution in [-0.2, 0) is 18.4 Å². The quantitative estimate of drug-likeness (QED) is 0.0855. The summed E-state index contributed by atoms with van der Waals surface area (Å²) in [4.78, 5) is 2.28. The third-order valence-corrected chi connectivity index (χ3v) is 10.5. The van der Waals surface area contributed by atoms with Crippen LogP contribution in [0.3, 0.4) is 0 Å². The van der Waals surface area contributed by atoms with E-state index in [0.717, 1.165) is 28.7 Å². The van der Waals surface area contributed by atoms with E-state index >= 15 is 0 Å². The van der Waals surface area contributed by atoms with E-state index in [2.05, 4.69) is 130 Å². The normalized spacial score (nSPS) is 12.9. The zero-order chi connectivity index (χ0) is 33.8. The molecule has 0 fully saturated rings. The first-order valence-corrected chi connectivity index (χ1v) is 19.1. The molecule has 0 spiro atoms. The number of anilines is 3. The molecule has 0 bridgehead atoms. The maximum absolute atomic E-state index is 6.33. The molecule has 4 aromatic carbocycles. The summed E-state index contributed by atoms with van der Waals surface area (Å²) in [6.45, 7) is 9.14. The van der Waals surface area contributed by atoms with Gasteiger partial charge in [-0.3, -0.25) is 0 Å². The smallest absolute Gasteiger partial charge is 0.135 e. The van der Waals surface area contributed by atoms with Gasteiger partial charge in [-0.15, -0.1) is 0 Å². The summed E-state index contributed by atoms with van der Waals surface area (Å²) in [7, 11) is 2.16. The second-order valence-electron chi connectivity index (χ2n) is 14.3. The maximum atomic E-state index is 6.33. The first kappa shape index (κ1) is 35.6. The number of fused-ring (bicyclic) bond motifs is 3. The molecule has 1 unspecified atom stereocenters. The highest BCUT2D eigenvalue weighted by Gasteiger charge is 2.25. The van der Waals surface area contributed by atoms with Crippen LogP contribution < -0.4 is 10.2 Å². The molecule has 1 aromatic heterocycles. The molecule has 5 aromatic rings. The van der Waals surface area contributed by atoms with Crippen molar-refractivity contribution in [2.75, 3.05) is 17.3 Å². The van der Waals surface area contributed by atoms with Crippen molar-refractivity contribution < 1.29 is 4.42 Å². The number of furan rings is 1. The van der Waals surface area contributed by atoms with Gasteiger partial charge in [0.2, 0.25) is 0 Å². The molecule has 3 nitrogen and oxygen atoms in total. The van der Waals surface area contributed by atoms with Crippen LogP contribution >= 0.6 is 0 Å². The molecule has 0 aliphatic rings. The Morgan fingerprint density at radius 1 is 0.562 bits per heavy atom. The zero-order valence-corrected chi connectivity index (χ0v) is 30.5. The van der Waals surface area contributed by atoms with E-state index in [9.17, 15) is 0 Å². The molecule has 48 heavy (non-hydrogen) atoms. The lowest BCUT2D eigenvalue weighted by Gasteiger charge is -2.32. The topological polar surface area (TPSA) is 28.4 Å². The number of hydrogen-bond donors (Lipinski definition) is 1. The van der Waals surface area contributed by atoms with E-state index in [0.29, 0.717) is 0 Å². The minimum atomic E-state index is -0.204. The zero-order valence-electron chi connectivity index (χ0n) is 30.5. The van der Waals surface area contributed by atoms with Gasteiger partial charge in [-0.2, -0.15) is 0 Å². The predicted molar refractivity (Wildman–Crippen MR) is 210 cm³/mol. The van der Waals surface area contributed by atoms with E-state index in [4.69, 9.17) is 4.42 Å². The molecule has 0 aliphatic carbocycles. The minimum absolute atomic E-state index is 0.204. The molecule has 256 valence electrons. The van der Waals surface area contributed by atoms with E-state index in [-0.39, 0.29) is 5.54 Å². The highest BCUT2D eigenvalue weighted by molar-refractivity contribution is 6.06. The Morgan fingerprint density at radius 2 is 1.06 bits per heavy atom. The van der Waals surface area contributed by atoms with Crippen LogP contribution in [-0.4, -0.2) is 7.05 Å². The Hall–Kier alpha value is -3.72. The molecular weight excluding hydrogens is 585 g/mol. The summed E-state index contributed by atoms with van der Waals surface area (Å²) in [6, 6.07) is 31.6. The highest BCUT2D eigenvalue weighted by Crippen LogP contribution is 2.37. The van der Waals surface area contributed by atoms with E-state index < -0.39 is 0 Å². The molecule has 0 saturated heterocycles. The molecule has 0 amide bonds. The van der Waals surface area contributed by atoms with Gasteiger partial charge in [0.15, 0.2) is 0 Å². The average Bonchev–Trinajstić information content (AvgIpc) is 3.49. The fraction of sp³-hybridized carbons (Fsp3) is 0.467. The predicted octanol–water partition coefficient (Wildman–Crippen LogP) is 13.9. The number of unbranched alkanes of at least 4 members (excludes halogenated alkanes) is 10. The number of nitrogens with one attached hydrogen (secondary N) is 1. The second-order valence-corrected chi connectivity index (χ2v) is 14.3. The standard InChI is InChI=1S/C45H60N2O/c1-6-9-11-13-15-17-19-35-21-26-38(27-22-35)46-45(4,8-3)37-25-31-43-41(33-37)42-34-40(30-32-44(42)48-43)47(5)39-28-23-36(24-29-39)20-18-16-14-12-10-7-2/h21-34,46H,6-20H2,1-5H3. The third-order valence-electron chi connectivity index (χ3n) is 10.5. The monoisotopic (exact) mass is 644 g/mol. The number of benzene rings is 4. The van der Waals surface area contributed by atoms with Crippen LogP contribution in [0.2, 0.25) is 0 Å². The summed E-state index contributed by atoms with van der Waals surface area (Å²) in [6.07, 6.45) is 19.4. The summed E-state index contributed by atoms with van der Waals surface area (Å²) in [5, 5.41) is 6.21. The number of rotatable bonds is 20. The van der Waals surface area contributed by atoms with Crippen molar-refractivity contribution >= 4 is 39.0 Å². The molecular formula is C45H60N2O. The lowest BCUT2D eigenvalue weighted by molar-refractivity contribution is 0.524. The molecule has 1 atom stereocenters. The van der Waals surface area contributed by atoms with Gasteiger partial charge in [0.25, 0.3) is 0 Å². The van der Waals surface area contributed by atoms with Gasteiger partial charge in [0, 0.05) is 34.9 Å². The Kier molecular flexibility index (Phi) is 13.1. The van der Waals surface area contributed by atoms with Gasteiger partial charge in [0.05, 0.1) is 5.54 Å². The Bertz CT molecular complexity index is 1680. The Balaban J connectivity index is 1.26. The van der Waals surface area contributed by atoms with Crippen LogP contribution in [0.25, 0.3) is 21.9 Å². The van der Waals surface area contributed by atoms with Gasteiger partial charge in [0.1, 0.15) is 11.2 Å². The van der Waals surface area contributed by atoms with Crippen molar-refractivity contribution in [3.63, 3.8) is 0 Å². The van der Waals surface area contributed by atoms with Crippen molar-refractivity contribution in [3.05, 3.63) is 102 Å². The van der Waals surface area contributed by atoms with E-state index in [1.54, 1.807) is 0 Å². The summed E-state index contributed by atoms with van der Waals surface area (Å²) >= 11 is 0. The number of hydrogen-bond acceptors (Lipinski definition) is 3. The first-order chi connectivity index (χ1) is 23.4. The van der Waals surface area contributed by atoms with E-state index in [1.807, 2.05) is 0 Å². The van der Waals surface area contributed by atoms with Crippen LogP contribution in [0.4, 0.5) is 17.1 Å². The average molecular weight is 645 g/mol. The van der Waals surface area contributed by atoms with Gasteiger partial charge in [-0.25, -0.2) is 0 Å². The molecule has 0 aliphatic heterocycles. The Morgan fingerprint density at radius 3 is 1.65 bits per heavy atom. The fourth-order valence-corrected chi connectivity index (χ4v) is 7.01. The molecule has 5 rings (SSSR count). The third kappa shape index (κ3) is 9.24. The van der Waals surface area contributed by atoms with Crippen molar-refractivity contribution in [3.8, 4) is 0 Å². The second kappa shape index (κ2) is 17.6. The number of nitrogens with zero attached hydrogens (tertiary/aromatic N) is 1. The van der Waals surface area contributed by atoms with Gasteiger partial charge >= 0.3 is 0 Å². The lowest BCUT2D eigenvalue weighted by atomic mass is 9.88. The van der Waals surface area contributed by atoms with Gasteiger partial charge in [-0.1, -0.05) is 115 Å². The highest BCUT2D eigenvalue weighted by atomic mass is 16.3. The fourth-order valence-electron chi connectivity index (χ4n) is 7.01.